The van der Waals surface area contributed by atoms with E-state index in [-0.39, 0.29) is 5.54 Å². The molecule has 0 aliphatic carbocycles. The summed E-state index contributed by atoms with van der Waals surface area (Å²) in [5.74, 6) is 0.311. The van der Waals surface area contributed by atoms with Gasteiger partial charge in [0.25, 0.3) is 0 Å². The van der Waals surface area contributed by atoms with Crippen LogP contribution < -0.4 is 0 Å². The summed E-state index contributed by atoms with van der Waals surface area (Å²) in [5.41, 5.74) is -0.266. The number of ketones is 1. The van der Waals surface area contributed by atoms with Crippen molar-refractivity contribution in [2.45, 2.75) is 52.5 Å². The van der Waals surface area contributed by atoms with Crippen molar-refractivity contribution in [2.75, 3.05) is 13.1 Å². The number of carbonyl (C=O) groups excluding carboxylic acids is 1. The van der Waals surface area contributed by atoms with Gasteiger partial charge in [-0.15, -0.1) is 6.58 Å². The average molecular weight is 211 g/mol. The fourth-order valence-electron chi connectivity index (χ4n) is 2.42. The summed E-state index contributed by atoms with van der Waals surface area (Å²) in [7, 11) is 0. The molecule has 0 heterocycles. The molecule has 0 spiro atoms. The summed E-state index contributed by atoms with van der Waals surface area (Å²) in [6, 6.07) is 0. The molecule has 0 saturated heterocycles. The first-order valence-corrected chi connectivity index (χ1v) is 6.02. The van der Waals surface area contributed by atoms with E-state index in [2.05, 4.69) is 39.2 Å². The molecule has 0 aromatic rings. The van der Waals surface area contributed by atoms with Gasteiger partial charge in [0.05, 0.1) is 5.54 Å². The standard InChI is InChI=1S/C13H25NO/c1-6-11-12(15)13(7-2,8-3)14(9-4)10-5/h6H,1,7-11H2,2-5H3. The molecule has 0 atom stereocenters. The monoisotopic (exact) mass is 211 g/mol. The van der Waals surface area contributed by atoms with Gasteiger partial charge in [0.1, 0.15) is 0 Å². The number of likely N-dealkylation sites (N-methyl/N-ethyl adjacent to an activating group) is 1. The average Bonchev–Trinajstić information content (AvgIpc) is 2.26. The molecule has 88 valence electrons. The maximum absolute atomic E-state index is 12.2. The Morgan fingerprint density at radius 2 is 1.67 bits per heavy atom. The summed E-state index contributed by atoms with van der Waals surface area (Å²) in [6.45, 7) is 13.9. The maximum Gasteiger partial charge on any atom is 0.156 e. The van der Waals surface area contributed by atoms with Crippen LogP contribution in [0.3, 0.4) is 0 Å². The van der Waals surface area contributed by atoms with E-state index in [1.54, 1.807) is 6.08 Å². The number of nitrogens with zero attached hydrogens (tertiary/aromatic N) is 1. The van der Waals surface area contributed by atoms with Gasteiger partial charge in [-0.25, -0.2) is 0 Å². The van der Waals surface area contributed by atoms with Crippen LogP contribution in [0.4, 0.5) is 0 Å². The Bertz CT molecular complexity index is 203. The Morgan fingerprint density at radius 1 is 1.20 bits per heavy atom. The molecule has 15 heavy (non-hydrogen) atoms. The van der Waals surface area contributed by atoms with Gasteiger partial charge in [-0.3, -0.25) is 9.69 Å². The van der Waals surface area contributed by atoms with Crippen LogP contribution in [0.5, 0.6) is 0 Å². The van der Waals surface area contributed by atoms with E-state index in [0.717, 1.165) is 25.9 Å². The van der Waals surface area contributed by atoms with Gasteiger partial charge in [-0.1, -0.05) is 33.8 Å². The third-order valence-corrected chi connectivity index (χ3v) is 3.39. The molecule has 0 fully saturated rings. The molecule has 0 rings (SSSR count). The number of allylic oxidation sites excluding steroid dienone is 1. The highest BCUT2D eigenvalue weighted by molar-refractivity contribution is 5.89. The van der Waals surface area contributed by atoms with Crippen LogP contribution in [-0.4, -0.2) is 29.3 Å². The fourth-order valence-corrected chi connectivity index (χ4v) is 2.42. The second kappa shape index (κ2) is 6.78. The van der Waals surface area contributed by atoms with Crippen molar-refractivity contribution in [1.82, 2.24) is 4.90 Å². The minimum absolute atomic E-state index is 0.266. The molecule has 0 saturated carbocycles. The first kappa shape index (κ1) is 14.4. The van der Waals surface area contributed by atoms with Crippen LogP contribution in [0.1, 0.15) is 47.0 Å². The summed E-state index contributed by atoms with van der Waals surface area (Å²) in [5, 5.41) is 0. The minimum Gasteiger partial charge on any atom is -0.297 e. The van der Waals surface area contributed by atoms with E-state index in [1.807, 2.05) is 0 Å². The second-order valence-electron chi connectivity index (χ2n) is 3.83. The zero-order valence-corrected chi connectivity index (χ0v) is 10.7. The lowest BCUT2D eigenvalue weighted by Crippen LogP contribution is -2.53. The van der Waals surface area contributed by atoms with Gasteiger partial charge < -0.3 is 0 Å². The summed E-state index contributed by atoms with van der Waals surface area (Å²) in [6.07, 6.45) is 3.97. The molecular formula is C13H25NO. The van der Waals surface area contributed by atoms with Gasteiger partial charge in [-0.05, 0) is 25.9 Å². The lowest BCUT2D eigenvalue weighted by molar-refractivity contribution is -0.131. The molecule has 0 aromatic carbocycles. The van der Waals surface area contributed by atoms with Crippen molar-refractivity contribution >= 4 is 5.78 Å². The molecule has 0 aromatic heterocycles. The van der Waals surface area contributed by atoms with Crippen LogP contribution in [-0.2, 0) is 4.79 Å². The van der Waals surface area contributed by atoms with Crippen molar-refractivity contribution < 1.29 is 4.79 Å². The van der Waals surface area contributed by atoms with E-state index in [4.69, 9.17) is 0 Å². The van der Waals surface area contributed by atoms with Crippen LogP contribution in [0.25, 0.3) is 0 Å². The first-order chi connectivity index (χ1) is 7.12. The summed E-state index contributed by atoms with van der Waals surface area (Å²) >= 11 is 0. The van der Waals surface area contributed by atoms with Gasteiger partial charge in [-0.2, -0.15) is 0 Å². The molecule has 0 unspecified atom stereocenters. The third-order valence-electron chi connectivity index (χ3n) is 3.39. The highest BCUT2D eigenvalue weighted by atomic mass is 16.1. The van der Waals surface area contributed by atoms with Gasteiger partial charge in [0.15, 0.2) is 5.78 Å². The van der Waals surface area contributed by atoms with E-state index in [1.165, 1.54) is 0 Å². The lowest BCUT2D eigenvalue weighted by atomic mass is 9.84. The molecule has 0 N–H and O–H groups in total. The number of Topliss-reactive ketones (excluding diaryl/α,β-unsaturated/α-hetero) is 1. The van der Waals surface area contributed by atoms with Crippen molar-refractivity contribution in [3.63, 3.8) is 0 Å². The van der Waals surface area contributed by atoms with Gasteiger partial charge >= 0.3 is 0 Å². The summed E-state index contributed by atoms with van der Waals surface area (Å²) < 4.78 is 0. The Labute approximate surface area is 94.4 Å². The summed E-state index contributed by atoms with van der Waals surface area (Å²) in [4.78, 5) is 14.5. The van der Waals surface area contributed by atoms with Gasteiger partial charge in [0.2, 0.25) is 0 Å². The lowest BCUT2D eigenvalue weighted by Gasteiger charge is -2.40. The molecule has 0 bridgehead atoms. The largest absolute Gasteiger partial charge is 0.297 e. The number of hydrogen-bond donors (Lipinski definition) is 0. The molecule has 0 aliphatic heterocycles. The fraction of sp³-hybridized carbons (Fsp3) is 0.769. The van der Waals surface area contributed by atoms with E-state index >= 15 is 0 Å². The Morgan fingerprint density at radius 3 is 1.93 bits per heavy atom. The van der Waals surface area contributed by atoms with Crippen molar-refractivity contribution in [2.24, 2.45) is 0 Å². The second-order valence-corrected chi connectivity index (χ2v) is 3.83. The third kappa shape index (κ3) is 2.91. The predicted octanol–water partition coefficient (Wildman–Crippen LogP) is 3.03. The van der Waals surface area contributed by atoms with Crippen LogP contribution in [0.15, 0.2) is 12.7 Å². The maximum atomic E-state index is 12.2. The highest BCUT2D eigenvalue weighted by Crippen LogP contribution is 2.26. The Hall–Kier alpha value is -0.630. The van der Waals surface area contributed by atoms with Crippen LogP contribution >= 0.6 is 0 Å². The first-order valence-electron chi connectivity index (χ1n) is 6.02. The smallest absolute Gasteiger partial charge is 0.156 e. The quantitative estimate of drug-likeness (QED) is 0.575. The normalized spacial score (nSPS) is 11.8. The van der Waals surface area contributed by atoms with Crippen molar-refractivity contribution in [3.8, 4) is 0 Å². The van der Waals surface area contributed by atoms with E-state index in [0.29, 0.717) is 12.2 Å². The minimum atomic E-state index is -0.266. The van der Waals surface area contributed by atoms with Gasteiger partial charge in [0, 0.05) is 6.42 Å². The molecule has 0 amide bonds. The SMILES string of the molecule is C=CCC(=O)C(CC)(CC)N(CC)CC. The zero-order chi connectivity index (χ0) is 11.9. The van der Waals surface area contributed by atoms with Crippen molar-refractivity contribution in [3.05, 3.63) is 12.7 Å². The molecule has 0 radical (unpaired) electrons. The molecule has 2 heteroatoms. The molecular weight excluding hydrogens is 186 g/mol. The Balaban J connectivity index is 4.99. The van der Waals surface area contributed by atoms with Crippen molar-refractivity contribution in [1.29, 1.82) is 0 Å². The van der Waals surface area contributed by atoms with Crippen LogP contribution in [0, 0.1) is 0 Å². The number of hydrogen-bond acceptors (Lipinski definition) is 2. The molecule has 2 nitrogen and oxygen atoms in total. The topological polar surface area (TPSA) is 20.3 Å². The van der Waals surface area contributed by atoms with E-state index in [9.17, 15) is 4.79 Å². The molecule has 0 aliphatic rings. The van der Waals surface area contributed by atoms with E-state index < -0.39 is 0 Å². The number of carbonyl (C=O) groups is 1. The Kier molecular flexibility index (Phi) is 6.50. The number of rotatable bonds is 8. The highest BCUT2D eigenvalue weighted by Gasteiger charge is 2.37. The predicted molar refractivity (Wildman–Crippen MR) is 66.1 cm³/mol. The van der Waals surface area contributed by atoms with Crippen LogP contribution in [0.2, 0.25) is 0 Å². The zero-order valence-electron chi connectivity index (χ0n) is 10.7.